The Morgan fingerprint density at radius 3 is 2.36 bits per heavy atom. The highest BCUT2D eigenvalue weighted by Gasteiger charge is 2.12. The van der Waals surface area contributed by atoms with Crippen molar-refractivity contribution < 1.29 is 9.90 Å². The Hall–Kier alpha value is -2.04. The molecule has 5 heteroatoms. The van der Waals surface area contributed by atoms with Crippen molar-refractivity contribution >= 4 is 23.2 Å². The number of anilines is 1. The molecule has 0 spiro atoms. The quantitative estimate of drug-likeness (QED) is 0.890. The fourth-order valence-corrected chi connectivity index (χ4v) is 2.21. The standard InChI is InChI=1S/C17H19ClN2O2/c1-20(2)17(22)15-9-14(7-8-16(15)18)19-10-12-3-5-13(11-21)6-4-12/h3-9,19,21H,10-11H2,1-2H3. The van der Waals surface area contributed by atoms with Crippen LogP contribution in [0.2, 0.25) is 5.02 Å². The molecule has 0 unspecified atom stereocenters. The number of hydrogen-bond donors (Lipinski definition) is 2. The number of carbonyl (C=O) groups is 1. The molecule has 0 saturated heterocycles. The van der Waals surface area contributed by atoms with Crippen molar-refractivity contribution in [3.63, 3.8) is 0 Å². The van der Waals surface area contributed by atoms with Crippen LogP contribution in [0.3, 0.4) is 0 Å². The summed E-state index contributed by atoms with van der Waals surface area (Å²) in [5, 5.41) is 12.7. The first kappa shape index (κ1) is 16.3. The summed E-state index contributed by atoms with van der Waals surface area (Å²) in [6.07, 6.45) is 0. The van der Waals surface area contributed by atoms with Gasteiger partial charge in [-0.2, -0.15) is 0 Å². The van der Waals surface area contributed by atoms with Crippen LogP contribution in [-0.2, 0) is 13.2 Å². The van der Waals surface area contributed by atoms with Crippen molar-refractivity contribution in [3.8, 4) is 0 Å². The van der Waals surface area contributed by atoms with Gasteiger partial charge in [-0.25, -0.2) is 0 Å². The second kappa shape index (κ2) is 7.29. The monoisotopic (exact) mass is 318 g/mol. The van der Waals surface area contributed by atoms with E-state index in [1.54, 1.807) is 26.2 Å². The van der Waals surface area contributed by atoms with Gasteiger partial charge in [0.25, 0.3) is 5.91 Å². The van der Waals surface area contributed by atoms with E-state index >= 15 is 0 Å². The Labute approximate surface area is 135 Å². The topological polar surface area (TPSA) is 52.6 Å². The van der Waals surface area contributed by atoms with E-state index in [1.807, 2.05) is 30.3 Å². The van der Waals surface area contributed by atoms with Gasteiger partial charge in [0, 0.05) is 26.3 Å². The number of nitrogens with one attached hydrogen (secondary N) is 1. The molecule has 22 heavy (non-hydrogen) atoms. The molecule has 0 aliphatic heterocycles. The van der Waals surface area contributed by atoms with Crippen LogP contribution in [0.5, 0.6) is 0 Å². The van der Waals surface area contributed by atoms with Gasteiger partial charge in [0.15, 0.2) is 0 Å². The van der Waals surface area contributed by atoms with Crippen molar-refractivity contribution in [2.75, 3.05) is 19.4 Å². The molecule has 116 valence electrons. The normalized spacial score (nSPS) is 10.4. The molecule has 0 saturated carbocycles. The smallest absolute Gasteiger partial charge is 0.254 e. The van der Waals surface area contributed by atoms with E-state index < -0.39 is 0 Å². The molecule has 2 N–H and O–H groups in total. The van der Waals surface area contributed by atoms with Crippen LogP contribution < -0.4 is 5.32 Å². The summed E-state index contributed by atoms with van der Waals surface area (Å²) < 4.78 is 0. The van der Waals surface area contributed by atoms with Gasteiger partial charge in [-0.05, 0) is 29.3 Å². The molecule has 0 heterocycles. The predicted octanol–water partition coefficient (Wildman–Crippen LogP) is 3.15. The lowest BCUT2D eigenvalue weighted by molar-refractivity contribution is 0.0828. The Balaban J connectivity index is 2.09. The maximum Gasteiger partial charge on any atom is 0.254 e. The lowest BCUT2D eigenvalue weighted by atomic mass is 10.1. The first-order valence-corrected chi connectivity index (χ1v) is 7.33. The highest BCUT2D eigenvalue weighted by Crippen LogP contribution is 2.22. The number of carbonyl (C=O) groups excluding carboxylic acids is 1. The van der Waals surface area contributed by atoms with Crippen molar-refractivity contribution in [3.05, 3.63) is 64.2 Å². The lowest BCUT2D eigenvalue weighted by Crippen LogP contribution is -2.22. The summed E-state index contributed by atoms with van der Waals surface area (Å²) >= 11 is 6.09. The second-order valence-electron chi connectivity index (χ2n) is 5.22. The minimum absolute atomic E-state index is 0.0426. The molecule has 0 bridgehead atoms. The van der Waals surface area contributed by atoms with Gasteiger partial charge in [0.05, 0.1) is 17.2 Å². The Morgan fingerprint density at radius 1 is 1.14 bits per heavy atom. The lowest BCUT2D eigenvalue weighted by Gasteiger charge is -2.14. The fraction of sp³-hybridized carbons (Fsp3) is 0.235. The predicted molar refractivity (Wildman–Crippen MR) is 89.2 cm³/mol. The van der Waals surface area contributed by atoms with E-state index in [1.165, 1.54) is 4.90 Å². The van der Waals surface area contributed by atoms with Crippen LogP contribution >= 0.6 is 11.6 Å². The zero-order valence-electron chi connectivity index (χ0n) is 12.6. The highest BCUT2D eigenvalue weighted by molar-refractivity contribution is 6.34. The third kappa shape index (κ3) is 4.00. The number of nitrogens with zero attached hydrogens (tertiary/aromatic N) is 1. The molecule has 4 nitrogen and oxygen atoms in total. The van der Waals surface area contributed by atoms with Gasteiger partial charge in [-0.1, -0.05) is 35.9 Å². The maximum atomic E-state index is 12.1. The summed E-state index contributed by atoms with van der Waals surface area (Å²) in [4.78, 5) is 13.6. The van der Waals surface area contributed by atoms with Crippen LogP contribution in [0, 0.1) is 0 Å². The number of rotatable bonds is 5. The Bertz CT molecular complexity index is 654. The Morgan fingerprint density at radius 2 is 1.77 bits per heavy atom. The van der Waals surface area contributed by atoms with Crippen molar-refractivity contribution in [1.29, 1.82) is 0 Å². The molecule has 0 radical (unpaired) electrons. The van der Waals surface area contributed by atoms with Crippen LogP contribution in [0.4, 0.5) is 5.69 Å². The highest BCUT2D eigenvalue weighted by atomic mass is 35.5. The molecule has 0 atom stereocenters. The number of benzene rings is 2. The molecule has 0 aliphatic rings. The summed E-state index contributed by atoms with van der Waals surface area (Å²) in [6, 6.07) is 13.0. The molecular weight excluding hydrogens is 300 g/mol. The van der Waals surface area contributed by atoms with Crippen LogP contribution in [-0.4, -0.2) is 30.0 Å². The van der Waals surface area contributed by atoms with Crippen LogP contribution in [0.25, 0.3) is 0 Å². The SMILES string of the molecule is CN(C)C(=O)c1cc(NCc2ccc(CO)cc2)ccc1Cl. The van der Waals surface area contributed by atoms with Crippen molar-refractivity contribution in [2.24, 2.45) is 0 Å². The average molecular weight is 319 g/mol. The molecule has 2 aromatic rings. The fourth-order valence-electron chi connectivity index (χ4n) is 2.01. The second-order valence-corrected chi connectivity index (χ2v) is 5.63. The average Bonchev–Trinajstić information content (AvgIpc) is 2.53. The van der Waals surface area contributed by atoms with Crippen LogP contribution in [0.15, 0.2) is 42.5 Å². The molecule has 2 aromatic carbocycles. The van der Waals surface area contributed by atoms with E-state index in [9.17, 15) is 4.79 Å². The largest absolute Gasteiger partial charge is 0.392 e. The summed E-state index contributed by atoms with van der Waals surface area (Å²) in [7, 11) is 3.39. The summed E-state index contributed by atoms with van der Waals surface area (Å²) in [5.41, 5.74) is 3.29. The number of aliphatic hydroxyl groups excluding tert-OH is 1. The van der Waals surface area contributed by atoms with Gasteiger partial charge >= 0.3 is 0 Å². The first-order valence-electron chi connectivity index (χ1n) is 6.95. The minimum atomic E-state index is -0.124. The molecule has 2 rings (SSSR count). The van der Waals surface area contributed by atoms with Crippen LogP contribution in [0.1, 0.15) is 21.5 Å². The van der Waals surface area contributed by atoms with Crippen molar-refractivity contribution in [1.82, 2.24) is 4.90 Å². The zero-order chi connectivity index (χ0) is 16.1. The maximum absolute atomic E-state index is 12.1. The number of aliphatic hydroxyl groups is 1. The molecule has 1 amide bonds. The molecular formula is C17H19ClN2O2. The van der Waals surface area contributed by atoms with Gasteiger partial charge < -0.3 is 15.3 Å². The minimum Gasteiger partial charge on any atom is -0.392 e. The molecule has 0 aromatic heterocycles. The van der Waals surface area contributed by atoms with Crippen molar-refractivity contribution in [2.45, 2.75) is 13.2 Å². The number of hydrogen-bond acceptors (Lipinski definition) is 3. The molecule has 0 aliphatic carbocycles. The van der Waals surface area contributed by atoms with E-state index in [0.717, 1.165) is 16.8 Å². The Kier molecular flexibility index (Phi) is 5.41. The number of amides is 1. The molecule has 0 fully saturated rings. The van der Waals surface area contributed by atoms with E-state index in [0.29, 0.717) is 17.1 Å². The third-order valence-corrected chi connectivity index (χ3v) is 3.63. The van der Waals surface area contributed by atoms with Gasteiger partial charge in [-0.3, -0.25) is 4.79 Å². The first-order chi connectivity index (χ1) is 10.5. The third-order valence-electron chi connectivity index (χ3n) is 3.31. The number of halogens is 1. The van der Waals surface area contributed by atoms with Gasteiger partial charge in [0.1, 0.15) is 0 Å². The zero-order valence-corrected chi connectivity index (χ0v) is 13.4. The summed E-state index contributed by atoms with van der Waals surface area (Å²) in [6.45, 7) is 0.670. The van der Waals surface area contributed by atoms with E-state index in [-0.39, 0.29) is 12.5 Å². The summed E-state index contributed by atoms with van der Waals surface area (Å²) in [5.74, 6) is -0.124. The van der Waals surface area contributed by atoms with E-state index in [4.69, 9.17) is 16.7 Å². The van der Waals surface area contributed by atoms with Gasteiger partial charge in [0.2, 0.25) is 0 Å². The van der Waals surface area contributed by atoms with Gasteiger partial charge in [-0.15, -0.1) is 0 Å². The van der Waals surface area contributed by atoms with E-state index in [2.05, 4.69) is 5.32 Å².